The quantitative estimate of drug-likeness (QED) is 0.426. The van der Waals surface area contributed by atoms with Gasteiger partial charge in [0.25, 0.3) is 0 Å². The third kappa shape index (κ3) is 2.14. The maximum absolute atomic E-state index is 7.86. The van der Waals surface area contributed by atoms with Crippen LogP contribution >= 0.6 is 0 Å². The molecule has 0 aliphatic carbocycles. The lowest BCUT2D eigenvalue weighted by molar-refractivity contribution is 1.15. The van der Waals surface area contributed by atoms with E-state index in [1.54, 1.807) is 16.7 Å². The van der Waals surface area contributed by atoms with Crippen molar-refractivity contribution in [2.24, 2.45) is 11.5 Å². The normalized spacial score (nSPS) is 10.7. The highest BCUT2D eigenvalue weighted by Crippen LogP contribution is 2.28. The average molecular weight is 277 g/mol. The molecule has 2 aromatic carbocycles. The minimum absolute atomic E-state index is 0.00513. The maximum atomic E-state index is 7.86. The van der Waals surface area contributed by atoms with Gasteiger partial charge in [0, 0.05) is 10.9 Å². The van der Waals surface area contributed by atoms with E-state index in [0.29, 0.717) is 5.56 Å². The number of fused-ring (bicyclic) bond motifs is 1. The highest BCUT2D eigenvalue weighted by molar-refractivity contribution is 6.03. The summed E-state index contributed by atoms with van der Waals surface area (Å²) in [6.45, 7) is 0. The van der Waals surface area contributed by atoms with Gasteiger partial charge in [-0.15, -0.1) is 0 Å². The molecule has 0 spiro atoms. The molecule has 0 aliphatic heterocycles. The molecule has 21 heavy (non-hydrogen) atoms. The molecule has 6 N–H and O–H groups in total. The van der Waals surface area contributed by atoms with E-state index in [0.717, 1.165) is 22.2 Å². The Bertz CT molecular complexity index is 846. The lowest BCUT2D eigenvalue weighted by atomic mass is 10.1. The summed E-state index contributed by atoms with van der Waals surface area (Å²) in [6, 6.07) is 17.2. The third-order valence-electron chi connectivity index (χ3n) is 3.43. The van der Waals surface area contributed by atoms with Crippen molar-refractivity contribution in [2.75, 3.05) is 0 Å². The van der Waals surface area contributed by atoms with E-state index < -0.39 is 0 Å². The Hall–Kier alpha value is -3.08. The molecule has 0 aliphatic rings. The summed E-state index contributed by atoms with van der Waals surface area (Å²) in [6.07, 6.45) is 0. The van der Waals surface area contributed by atoms with Gasteiger partial charge in [0.05, 0.1) is 11.2 Å². The highest BCUT2D eigenvalue weighted by Gasteiger charge is 2.13. The lowest BCUT2D eigenvalue weighted by Crippen LogP contribution is -2.21. The van der Waals surface area contributed by atoms with Crippen molar-refractivity contribution in [1.29, 1.82) is 10.8 Å². The SMILES string of the molecule is N=C(N)c1ccc2cc(-c3ccccc3)n(C(=N)N)c2c1. The van der Waals surface area contributed by atoms with Crippen molar-refractivity contribution in [3.63, 3.8) is 0 Å². The molecule has 1 aromatic heterocycles. The fraction of sp³-hybridized carbons (Fsp3) is 0. The van der Waals surface area contributed by atoms with Crippen LogP contribution in [-0.2, 0) is 0 Å². The Morgan fingerprint density at radius 2 is 1.62 bits per heavy atom. The van der Waals surface area contributed by atoms with Crippen molar-refractivity contribution in [3.05, 3.63) is 60.2 Å². The number of benzene rings is 2. The monoisotopic (exact) mass is 277 g/mol. The molecular weight excluding hydrogens is 262 g/mol. The highest BCUT2D eigenvalue weighted by atomic mass is 15.1. The van der Waals surface area contributed by atoms with Crippen LogP contribution in [0.2, 0.25) is 0 Å². The summed E-state index contributed by atoms with van der Waals surface area (Å²) in [7, 11) is 0. The summed E-state index contributed by atoms with van der Waals surface area (Å²) in [5.41, 5.74) is 14.5. The van der Waals surface area contributed by atoms with Crippen molar-refractivity contribution in [1.82, 2.24) is 4.57 Å². The van der Waals surface area contributed by atoms with Crippen LogP contribution in [0.25, 0.3) is 22.2 Å². The number of aromatic nitrogens is 1. The predicted molar refractivity (Wildman–Crippen MR) is 85.7 cm³/mol. The molecule has 5 heteroatoms. The van der Waals surface area contributed by atoms with Crippen LogP contribution < -0.4 is 11.5 Å². The number of nitrogens with two attached hydrogens (primary N) is 2. The van der Waals surface area contributed by atoms with Crippen LogP contribution in [0.15, 0.2) is 54.6 Å². The van der Waals surface area contributed by atoms with E-state index in [-0.39, 0.29) is 11.8 Å². The fourth-order valence-corrected chi connectivity index (χ4v) is 2.45. The number of hydrogen-bond acceptors (Lipinski definition) is 2. The van der Waals surface area contributed by atoms with Gasteiger partial charge < -0.3 is 11.5 Å². The zero-order valence-corrected chi connectivity index (χ0v) is 11.3. The Balaban J connectivity index is 2.33. The van der Waals surface area contributed by atoms with Crippen LogP contribution in [0.5, 0.6) is 0 Å². The van der Waals surface area contributed by atoms with Crippen molar-refractivity contribution in [2.45, 2.75) is 0 Å². The van der Waals surface area contributed by atoms with E-state index in [1.165, 1.54) is 0 Å². The summed E-state index contributed by atoms with van der Waals surface area (Å²) in [5, 5.41) is 16.4. The average Bonchev–Trinajstić information content (AvgIpc) is 2.86. The Morgan fingerprint density at radius 1 is 0.905 bits per heavy atom. The molecule has 104 valence electrons. The molecule has 0 saturated carbocycles. The van der Waals surface area contributed by atoms with Crippen molar-refractivity contribution < 1.29 is 0 Å². The van der Waals surface area contributed by atoms with E-state index >= 15 is 0 Å². The van der Waals surface area contributed by atoms with E-state index in [9.17, 15) is 0 Å². The van der Waals surface area contributed by atoms with Gasteiger partial charge in [-0.2, -0.15) is 0 Å². The van der Waals surface area contributed by atoms with Gasteiger partial charge in [-0.25, -0.2) is 0 Å². The van der Waals surface area contributed by atoms with Crippen LogP contribution in [0.1, 0.15) is 5.56 Å². The van der Waals surface area contributed by atoms with Crippen LogP contribution in [0.3, 0.4) is 0 Å². The maximum Gasteiger partial charge on any atom is 0.197 e. The second-order valence-electron chi connectivity index (χ2n) is 4.80. The lowest BCUT2D eigenvalue weighted by Gasteiger charge is -2.09. The summed E-state index contributed by atoms with van der Waals surface area (Å²) >= 11 is 0. The summed E-state index contributed by atoms with van der Waals surface area (Å²) in [4.78, 5) is 0. The first-order valence-corrected chi connectivity index (χ1v) is 6.47. The number of rotatable bonds is 2. The molecule has 3 aromatic rings. The molecule has 0 amide bonds. The smallest absolute Gasteiger partial charge is 0.197 e. The van der Waals surface area contributed by atoms with E-state index in [4.69, 9.17) is 22.3 Å². The first-order valence-electron chi connectivity index (χ1n) is 6.47. The second kappa shape index (κ2) is 4.79. The zero-order chi connectivity index (χ0) is 15.0. The zero-order valence-electron chi connectivity index (χ0n) is 11.3. The van der Waals surface area contributed by atoms with E-state index in [2.05, 4.69) is 0 Å². The Morgan fingerprint density at radius 3 is 2.24 bits per heavy atom. The van der Waals surface area contributed by atoms with Crippen molar-refractivity contribution >= 4 is 22.7 Å². The Labute approximate surface area is 121 Å². The number of hydrogen-bond donors (Lipinski definition) is 4. The number of amidine groups is 1. The van der Waals surface area contributed by atoms with Crippen molar-refractivity contribution in [3.8, 4) is 11.3 Å². The molecule has 0 fully saturated rings. The molecule has 5 nitrogen and oxygen atoms in total. The van der Waals surface area contributed by atoms with Gasteiger partial charge in [0.1, 0.15) is 5.84 Å². The molecule has 0 bridgehead atoms. The van der Waals surface area contributed by atoms with Gasteiger partial charge in [0.15, 0.2) is 5.96 Å². The van der Waals surface area contributed by atoms with Gasteiger partial charge >= 0.3 is 0 Å². The van der Waals surface area contributed by atoms with Crippen LogP contribution in [0, 0.1) is 10.8 Å². The van der Waals surface area contributed by atoms with Crippen LogP contribution in [-0.4, -0.2) is 16.4 Å². The first-order chi connectivity index (χ1) is 10.1. The number of nitrogens with zero attached hydrogens (tertiary/aromatic N) is 1. The topological polar surface area (TPSA) is 105 Å². The summed E-state index contributed by atoms with van der Waals surface area (Å²) < 4.78 is 1.66. The second-order valence-corrected chi connectivity index (χ2v) is 4.80. The molecule has 1 heterocycles. The third-order valence-corrected chi connectivity index (χ3v) is 3.43. The minimum Gasteiger partial charge on any atom is -0.384 e. The Kier molecular flexibility index (Phi) is 2.95. The molecule has 0 atom stereocenters. The molecule has 3 rings (SSSR count). The van der Waals surface area contributed by atoms with Gasteiger partial charge in [-0.05, 0) is 17.7 Å². The van der Waals surface area contributed by atoms with Gasteiger partial charge in [-0.3, -0.25) is 15.4 Å². The molecule has 0 unspecified atom stereocenters. The van der Waals surface area contributed by atoms with E-state index in [1.807, 2.05) is 42.5 Å². The van der Waals surface area contributed by atoms with Gasteiger partial charge in [0.2, 0.25) is 0 Å². The van der Waals surface area contributed by atoms with Gasteiger partial charge in [-0.1, -0.05) is 42.5 Å². The fourth-order valence-electron chi connectivity index (χ4n) is 2.45. The standard InChI is InChI=1S/C16H15N5/c17-15(18)12-7-6-11-8-13(10-4-2-1-3-5-10)21(16(19)20)14(11)9-12/h1-9H,(H3,17,18)(H3,19,20). The number of nitrogens with one attached hydrogen (secondary N) is 2. The molecule has 0 saturated heterocycles. The largest absolute Gasteiger partial charge is 0.384 e. The first kappa shape index (κ1) is 12.9. The summed E-state index contributed by atoms with van der Waals surface area (Å²) in [5.74, 6) is -0.0704. The number of nitrogen functional groups attached to an aromatic ring is 2. The molecule has 0 radical (unpaired) electrons. The molecular formula is C16H15N5. The minimum atomic E-state index is -0.0652. The predicted octanol–water partition coefficient (Wildman–Crippen LogP) is 2.33. The van der Waals surface area contributed by atoms with Crippen LogP contribution in [0.4, 0.5) is 0 Å².